The molecule has 1 aromatic carbocycles. The van der Waals surface area contributed by atoms with Crippen molar-refractivity contribution in [3.05, 3.63) is 63.6 Å². The Labute approximate surface area is 129 Å². The first-order valence-electron chi connectivity index (χ1n) is 6.19. The summed E-state index contributed by atoms with van der Waals surface area (Å²) < 4.78 is 20.7. The molecule has 0 bridgehead atoms. The van der Waals surface area contributed by atoms with Crippen molar-refractivity contribution in [3.63, 3.8) is 0 Å². The number of aromatic nitrogens is 3. The molecule has 3 aromatic rings. The van der Waals surface area contributed by atoms with Crippen LogP contribution in [-0.2, 0) is 13.2 Å². The number of halogens is 2. The maximum Gasteiger partial charge on any atom is 0.183 e. The third-order valence-corrected chi connectivity index (χ3v) is 3.86. The van der Waals surface area contributed by atoms with Gasteiger partial charge in [0.2, 0.25) is 0 Å². The van der Waals surface area contributed by atoms with Gasteiger partial charge in [-0.25, -0.2) is 9.37 Å². The zero-order valence-corrected chi connectivity index (χ0v) is 12.4. The first-order chi connectivity index (χ1) is 10.2. The molecule has 0 aliphatic rings. The molecule has 7 heteroatoms. The molecule has 108 valence electrons. The molecule has 0 atom stereocenters. The van der Waals surface area contributed by atoms with Gasteiger partial charge in [0.25, 0.3) is 0 Å². The number of rotatable bonds is 5. The zero-order chi connectivity index (χ0) is 14.7. The van der Waals surface area contributed by atoms with Gasteiger partial charge in [-0.2, -0.15) is 5.10 Å². The summed E-state index contributed by atoms with van der Waals surface area (Å²) in [6.45, 7) is 0.975. The van der Waals surface area contributed by atoms with Crippen molar-refractivity contribution in [2.45, 2.75) is 13.2 Å². The van der Waals surface area contributed by atoms with Crippen LogP contribution >= 0.6 is 22.9 Å². The summed E-state index contributed by atoms with van der Waals surface area (Å²) in [5.74, 6) is 0.424. The third kappa shape index (κ3) is 3.80. The number of thiazole rings is 1. The van der Waals surface area contributed by atoms with Crippen molar-refractivity contribution in [2.24, 2.45) is 0 Å². The lowest BCUT2D eigenvalue weighted by atomic mass is 10.2. The van der Waals surface area contributed by atoms with Crippen LogP contribution in [0.5, 0.6) is 5.75 Å². The SMILES string of the molecule is Fc1ccc(Cn2cc(OCc3cnc(Cl)s3)cn2)cc1. The maximum absolute atomic E-state index is 12.8. The Hall–Kier alpha value is -1.92. The van der Waals surface area contributed by atoms with Crippen molar-refractivity contribution in [3.8, 4) is 5.75 Å². The Morgan fingerprint density at radius 3 is 2.76 bits per heavy atom. The van der Waals surface area contributed by atoms with Crippen LogP contribution in [0.1, 0.15) is 10.4 Å². The fourth-order valence-electron chi connectivity index (χ4n) is 1.79. The number of hydrogen-bond donors (Lipinski definition) is 0. The van der Waals surface area contributed by atoms with Crippen LogP contribution in [-0.4, -0.2) is 14.8 Å². The van der Waals surface area contributed by atoms with E-state index in [1.165, 1.54) is 23.5 Å². The predicted octanol–water partition coefficient (Wildman–Crippen LogP) is 3.76. The second-order valence-electron chi connectivity index (χ2n) is 4.37. The minimum Gasteiger partial charge on any atom is -0.485 e. The summed E-state index contributed by atoms with van der Waals surface area (Å²) in [5, 5.41) is 4.21. The molecule has 3 rings (SSSR count). The van der Waals surface area contributed by atoms with E-state index >= 15 is 0 Å². The van der Waals surface area contributed by atoms with Gasteiger partial charge in [0.05, 0.1) is 23.8 Å². The van der Waals surface area contributed by atoms with Crippen LogP contribution in [0.15, 0.2) is 42.9 Å². The average molecular weight is 324 g/mol. The summed E-state index contributed by atoms with van der Waals surface area (Å²) in [4.78, 5) is 4.90. The quantitative estimate of drug-likeness (QED) is 0.717. The average Bonchev–Trinajstić information content (AvgIpc) is 3.08. The molecule has 2 heterocycles. The topological polar surface area (TPSA) is 39.9 Å². The van der Waals surface area contributed by atoms with E-state index in [4.69, 9.17) is 16.3 Å². The smallest absolute Gasteiger partial charge is 0.183 e. The Bertz CT molecular complexity index is 726. The van der Waals surface area contributed by atoms with E-state index < -0.39 is 0 Å². The van der Waals surface area contributed by atoms with Gasteiger partial charge in [0, 0.05) is 6.20 Å². The lowest BCUT2D eigenvalue weighted by Gasteiger charge is -2.02. The number of ether oxygens (including phenoxy) is 1. The summed E-state index contributed by atoms with van der Waals surface area (Å²) in [6, 6.07) is 6.33. The van der Waals surface area contributed by atoms with Crippen molar-refractivity contribution in [1.29, 1.82) is 0 Å². The van der Waals surface area contributed by atoms with Crippen LogP contribution in [0.25, 0.3) is 0 Å². The van der Waals surface area contributed by atoms with E-state index in [-0.39, 0.29) is 5.82 Å². The van der Waals surface area contributed by atoms with Crippen molar-refractivity contribution < 1.29 is 9.13 Å². The van der Waals surface area contributed by atoms with E-state index in [0.717, 1.165) is 10.4 Å². The highest BCUT2D eigenvalue weighted by molar-refractivity contribution is 7.15. The highest BCUT2D eigenvalue weighted by Gasteiger charge is 2.04. The van der Waals surface area contributed by atoms with E-state index in [9.17, 15) is 4.39 Å². The number of benzene rings is 1. The van der Waals surface area contributed by atoms with E-state index in [1.807, 2.05) is 0 Å². The molecule has 0 aliphatic heterocycles. The predicted molar refractivity (Wildman–Crippen MR) is 79.2 cm³/mol. The first kappa shape index (κ1) is 14.0. The Morgan fingerprint density at radius 1 is 1.24 bits per heavy atom. The van der Waals surface area contributed by atoms with Gasteiger partial charge in [0.1, 0.15) is 12.4 Å². The highest BCUT2D eigenvalue weighted by Crippen LogP contribution is 2.20. The fourth-order valence-corrected chi connectivity index (χ4v) is 2.68. The largest absolute Gasteiger partial charge is 0.485 e. The molecule has 4 nitrogen and oxygen atoms in total. The summed E-state index contributed by atoms with van der Waals surface area (Å²) >= 11 is 7.14. The van der Waals surface area contributed by atoms with Gasteiger partial charge in [0.15, 0.2) is 10.2 Å². The maximum atomic E-state index is 12.8. The molecule has 0 amide bonds. The van der Waals surface area contributed by atoms with Crippen LogP contribution in [0, 0.1) is 5.82 Å². The molecule has 0 saturated heterocycles. The zero-order valence-electron chi connectivity index (χ0n) is 10.9. The van der Waals surface area contributed by atoms with Crippen molar-refractivity contribution >= 4 is 22.9 Å². The normalized spacial score (nSPS) is 10.8. The van der Waals surface area contributed by atoms with Gasteiger partial charge in [-0.3, -0.25) is 4.68 Å². The fraction of sp³-hybridized carbons (Fsp3) is 0.143. The van der Waals surface area contributed by atoms with Crippen LogP contribution in [0.2, 0.25) is 4.47 Å². The van der Waals surface area contributed by atoms with Crippen molar-refractivity contribution in [1.82, 2.24) is 14.8 Å². The molecule has 0 saturated carbocycles. The summed E-state index contributed by atoms with van der Waals surface area (Å²) in [6.07, 6.45) is 5.13. The van der Waals surface area contributed by atoms with Crippen LogP contribution in [0.3, 0.4) is 0 Å². The van der Waals surface area contributed by atoms with Gasteiger partial charge in [-0.15, -0.1) is 11.3 Å². The Morgan fingerprint density at radius 2 is 2.05 bits per heavy atom. The molecular formula is C14H11ClFN3OS. The lowest BCUT2D eigenvalue weighted by molar-refractivity contribution is 0.309. The van der Waals surface area contributed by atoms with E-state index in [1.54, 1.807) is 35.4 Å². The third-order valence-electron chi connectivity index (χ3n) is 2.77. The number of nitrogens with zero attached hydrogens (tertiary/aromatic N) is 3. The second-order valence-corrected chi connectivity index (χ2v) is 6.07. The molecule has 0 fully saturated rings. The van der Waals surface area contributed by atoms with E-state index in [2.05, 4.69) is 10.1 Å². The molecule has 0 unspecified atom stereocenters. The molecule has 2 aromatic heterocycles. The van der Waals surface area contributed by atoms with Gasteiger partial charge < -0.3 is 4.74 Å². The summed E-state index contributed by atoms with van der Waals surface area (Å²) in [5.41, 5.74) is 0.972. The molecule has 21 heavy (non-hydrogen) atoms. The van der Waals surface area contributed by atoms with Crippen LogP contribution in [0.4, 0.5) is 4.39 Å². The lowest BCUT2D eigenvalue weighted by Crippen LogP contribution is -1.99. The Kier molecular flexibility index (Phi) is 4.17. The standard InChI is InChI=1S/C14H11ClFN3OS/c15-14-17-6-13(21-14)9-20-12-5-18-19(8-12)7-10-1-3-11(16)4-2-10/h1-6,8H,7,9H2. The molecule has 0 spiro atoms. The van der Waals surface area contributed by atoms with Crippen LogP contribution < -0.4 is 4.74 Å². The summed E-state index contributed by atoms with van der Waals surface area (Å²) in [7, 11) is 0. The van der Waals surface area contributed by atoms with E-state index in [0.29, 0.717) is 23.4 Å². The second kappa shape index (κ2) is 6.24. The van der Waals surface area contributed by atoms with Gasteiger partial charge in [-0.05, 0) is 17.7 Å². The van der Waals surface area contributed by atoms with Gasteiger partial charge in [-0.1, -0.05) is 23.7 Å². The highest BCUT2D eigenvalue weighted by atomic mass is 35.5. The minimum atomic E-state index is -0.244. The molecule has 0 aliphatic carbocycles. The monoisotopic (exact) mass is 323 g/mol. The minimum absolute atomic E-state index is 0.244. The Balaban J connectivity index is 1.59. The van der Waals surface area contributed by atoms with Gasteiger partial charge >= 0.3 is 0 Å². The molecule has 0 N–H and O–H groups in total. The first-order valence-corrected chi connectivity index (χ1v) is 7.38. The molecule has 0 radical (unpaired) electrons. The number of hydrogen-bond acceptors (Lipinski definition) is 4. The molecular weight excluding hydrogens is 313 g/mol. The van der Waals surface area contributed by atoms with Crippen molar-refractivity contribution in [2.75, 3.05) is 0 Å².